The van der Waals surface area contributed by atoms with Crippen LogP contribution in [-0.4, -0.2) is 86.3 Å². The van der Waals surface area contributed by atoms with Crippen LogP contribution in [0.3, 0.4) is 0 Å². The summed E-state index contributed by atoms with van der Waals surface area (Å²) in [7, 11) is 0. The standard InChI is InChI=1S/C32H56O8/c1-16(2)25(39-30-29(38)28(37)26(15-33)40-30)7-6-17(3)21-14-24(36)27-19-13-23(35)22-12-18(34)8-10-31(22,4)20(19)9-11-32(21,27)5/h16-30,33-38H,6-15H2,1-5H3/t17?,18-,19?,20?,21?,22?,23?,24+,25-,26?,27?,28-,29?,30+,31+,32+/m0/s1. The van der Waals surface area contributed by atoms with Crippen molar-refractivity contribution in [1.82, 2.24) is 0 Å². The van der Waals surface area contributed by atoms with Crippen LogP contribution in [0.2, 0.25) is 0 Å². The van der Waals surface area contributed by atoms with Gasteiger partial charge in [-0.05, 0) is 110 Å². The summed E-state index contributed by atoms with van der Waals surface area (Å²) in [5.41, 5.74) is 0.0537. The van der Waals surface area contributed by atoms with Crippen LogP contribution in [0.5, 0.6) is 0 Å². The number of aliphatic hydroxyl groups is 6. The lowest BCUT2D eigenvalue weighted by Gasteiger charge is -2.62. The third-order valence-electron chi connectivity index (χ3n) is 12.8. The first-order valence-electron chi connectivity index (χ1n) is 16.1. The predicted molar refractivity (Wildman–Crippen MR) is 150 cm³/mol. The van der Waals surface area contributed by atoms with E-state index in [1.54, 1.807) is 0 Å². The van der Waals surface area contributed by atoms with E-state index in [0.717, 1.165) is 51.4 Å². The number of fused-ring (bicyclic) bond motifs is 5. The molecule has 0 aromatic carbocycles. The molecule has 4 saturated carbocycles. The Bertz CT molecular complexity index is 870. The Kier molecular flexibility index (Phi) is 9.06. The minimum atomic E-state index is -1.18. The van der Waals surface area contributed by atoms with Crippen LogP contribution in [0, 0.1) is 52.3 Å². The summed E-state index contributed by atoms with van der Waals surface area (Å²) in [6.45, 7) is 10.9. The minimum absolute atomic E-state index is 0.0223. The molecule has 0 radical (unpaired) electrons. The molecule has 0 aromatic heterocycles. The highest BCUT2D eigenvalue weighted by Crippen LogP contribution is 2.68. The molecule has 0 spiro atoms. The minimum Gasteiger partial charge on any atom is -0.394 e. The lowest BCUT2D eigenvalue weighted by atomic mass is 9.43. The zero-order valence-corrected chi connectivity index (χ0v) is 25.2. The first-order valence-corrected chi connectivity index (χ1v) is 16.1. The monoisotopic (exact) mass is 568 g/mol. The fourth-order valence-corrected chi connectivity index (χ4v) is 10.6. The molecule has 1 heterocycles. The van der Waals surface area contributed by atoms with Crippen LogP contribution >= 0.6 is 0 Å². The van der Waals surface area contributed by atoms with Gasteiger partial charge in [0.05, 0.1) is 31.0 Å². The first-order chi connectivity index (χ1) is 18.8. The Morgan fingerprint density at radius 3 is 2.17 bits per heavy atom. The van der Waals surface area contributed by atoms with E-state index in [1.807, 2.05) is 0 Å². The van der Waals surface area contributed by atoms with Gasteiger partial charge in [0, 0.05) is 0 Å². The highest BCUT2D eigenvalue weighted by molar-refractivity contribution is 5.13. The number of hydrogen-bond donors (Lipinski definition) is 6. The van der Waals surface area contributed by atoms with E-state index in [1.165, 1.54) is 0 Å². The maximum absolute atomic E-state index is 11.6. The Hall–Kier alpha value is -0.320. The molecule has 6 N–H and O–H groups in total. The normalized spacial score (nSPS) is 52.2. The third kappa shape index (κ3) is 5.21. The van der Waals surface area contributed by atoms with E-state index in [2.05, 4.69) is 34.6 Å². The molecule has 0 aromatic rings. The lowest BCUT2D eigenvalue weighted by molar-refractivity contribution is -0.203. The molecule has 232 valence electrons. The lowest BCUT2D eigenvalue weighted by Crippen LogP contribution is -2.59. The van der Waals surface area contributed by atoms with Crippen molar-refractivity contribution < 1.29 is 40.1 Å². The second-order valence-electron chi connectivity index (χ2n) is 15.3. The summed E-state index contributed by atoms with van der Waals surface area (Å²) in [4.78, 5) is 0. The highest BCUT2D eigenvalue weighted by atomic mass is 16.7. The molecule has 5 rings (SSSR count). The van der Waals surface area contributed by atoms with Crippen molar-refractivity contribution in [2.24, 2.45) is 52.3 Å². The van der Waals surface area contributed by atoms with Crippen molar-refractivity contribution in [3.05, 3.63) is 0 Å². The van der Waals surface area contributed by atoms with Crippen LogP contribution in [0.15, 0.2) is 0 Å². The van der Waals surface area contributed by atoms with E-state index in [4.69, 9.17) is 9.47 Å². The van der Waals surface area contributed by atoms with Gasteiger partial charge in [-0.3, -0.25) is 0 Å². The SMILES string of the molecule is CC(CC[C@H](O[C@@H]1OC(CO)[C@H](O)C1O)C(C)C)C1C[C@@H](O)C2C3CC(O)C4C[C@@H](O)CC[C@]4(C)C3CC[C@]12C. The Balaban J connectivity index is 1.26. The second kappa shape index (κ2) is 11.6. The van der Waals surface area contributed by atoms with Gasteiger partial charge in [0.25, 0.3) is 0 Å². The van der Waals surface area contributed by atoms with Gasteiger partial charge in [-0.25, -0.2) is 0 Å². The van der Waals surface area contributed by atoms with Gasteiger partial charge in [-0.2, -0.15) is 0 Å². The quantitative estimate of drug-likeness (QED) is 0.263. The van der Waals surface area contributed by atoms with Crippen LogP contribution in [-0.2, 0) is 9.47 Å². The number of hydrogen-bond acceptors (Lipinski definition) is 8. The van der Waals surface area contributed by atoms with Crippen molar-refractivity contribution in [1.29, 1.82) is 0 Å². The van der Waals surface area contributed by atoms with Crippen molar-refractivity contribution in [2.45, 2.75) is 141 Å². The van der Waals surface area contributed by atoms with E-state index >= 15 is 0 Å². The molecule has 40 heavy (non-hydrogen) atoms. The second-order valence-corrected chi connectivity index (χ2v) is 15.3. The van der Waals surface area contributed by atoms with Crippen LogP contribution < -0.4 is 0 Å². The average molecular weight is 569 g/mol. The van der Waals surface area contributed by atoms with Crippen molar-refractivity contribution in [3.63, 3.8) is 0 Å². The summed E-state index contributed by atoms with van der Waals surface area (Å²) in [6, 6.07) is 0. The Morgan fingerprint density at radius 2 is 1.52 bits per heavy atom. The summed E-state index contributed by atoms with van der Waals surface area (Å²) in [6.07, 6.45) is 2.57. The molecule has 8 nitrogen and oxygen atoms in total. The van der Waals surface area contributed by atoms with Crippen LogP contribution in [0.1, 0.15) is 92.4 Å². The maximum atomic E-state index is 11.6. The smallest absolute Gasteiger partial charge is 0.186 e. The molecule has 5 aliphatic rings. The van der Waals surface area contributed by atoms with Gasteiger partial charge in [0.15, 0.2) is 6.29 Å². The van der Waals surface area contributed by atoms with E-state index in [0.29, 0.717) is 30.1 Å². The summed E-state index contributed by atoms with van der Waals surface area (Å²) >= 11 is 0. The van der Waals surface area contributed by atoms with Crippen LogP contribution in [0.4, 0.5) is 0 Å². The van der Waals surface area contributed by atoms with Crippen LogP contribution in [0.25, 0.3) is 0 Å². The number of aliphatic hydroxyl groups excluding tert-OH is 6. The van der Waals surface area contributed by atoms with Gasteiger partial charge in [-0.15, -0.1) is 0 Å². The van der Waals surface area contributed by atoms with E-state index < -0.39 is 30.7 Å². The van der Waals surface area contributed by atoms with Crippen molar-refractivity contribution >= 4 is 0 Å². The van der Waals surface area contributed by atoms with Crippen molar-refractivity contribution in [2.75, 3.05) is 6.61 Å². The Morgan fingerprint density at radius 1 is 0.825 bits per heavy atom. The van der Waals surface area contributed by atoms with Gasteiger partial charge >= 0.3 is 0 Å². The molecule has 0 bridgehead atoms. The van der Waals surface area contributed by atoms with Gasteiger partial charge in [0.1, 0.15) is 18.3 Å². The van der Waals surface area contributed by atoms with Crippen molar-refractivity contribution in [3.8, 4) is 0 Å². The molecular formula is C32H56O8. The highest BCUT2D eigenvalue weighted by Gasteiger charge is 2.64. The topological polar surface area (TPSA) is 140 Å². The molecule has 16 atom stereocenters. The number of rotatable bonds is 8. The summed E-state index contributed by atoms with van der Waals surface area (Å²) in [5.74, 6) is 2.09. The van der Waals surface area contributed by atoms with E-state index in [-0.39, 0.29) is 53.5 Å². The molecule has 9 unspecified atom stereocenters. The van der Waals surface area contributed by atoms with Gasteiger partial charge < -0.3 is 40.1 Å². The molecule has 0 amide bonds. The molecule has 5 fully saturated rings. The maximum Gasteiger partial charge on any atom is 0.186 e. The first kappa shape index (κ1) is 31.1. The summed E-state index contributed by atoms with van der Waals surface area (Å²) in [5, 5.41) is 63.2. The zero-order chi connectivity index (χ0) is 29.1. The summed E-state index contributed by atoms with van der Waals surface area (Å²) < 4.78 is 11.8. The largest absolute Gasteiger partial charge is 0.394 e. The third-order valence-corrected chi connectivity index (χ3v) is 12.8. The predicted octanol–water partition coefficient (Wildman–Crippen LogP) is 2.84. The van der Waals surface area contributed by atoms with E-state index in [9.17, 15) is 30.6 Å². The molecule has 1 aliphatic heterocycles. The molecule has 1 saturated heterocycles. The molecule has 8 heteroatoms. The zero-order valence-electron chi connectivity index (χ0n) is 25.2. The number of ether oxygens (including phenoxy) is 2. The Labute approximate surface area is 240 Å². The average Bonchev–Trinajstić information content (AvgIpc) is 3.34. The molecular weight excluding hydrogens is 512 g/mol. The fraction of sp³-hybridized carbons (Fsp3) is 1.00. The van der Waals surface area contributed by atoms with Gasteiger partial charge in [0.2, 0.25) is 0 Å². The fourth-order valence-electron chi connectivity index (χ4n) is 10.6. The van der Waals surface area contributed by atoms with Gasteiger partial charge in [-0.1, -0.05) is 34.6 Å². The molecule has 4 aliphatic carbocycles.